The molecule has 3 atom stereocenters. The highest BCUT2D eigenvalue weighted by Crippen LogP contribution is 2.36. The van der Waals surface area contributed by atoms with Gasteiger partial charge in [0, 0.05) is 11.7 Å². The van der Waals surface area contributed by atoms with Gasteiger partial charge in [0.05, 0.1) is 12.2 Å². The Balaban J connectivity index is 1.81. The van der Waals surface area contributed by atoms with E-state index < -0.39 is 0 Å². The number of epoxide rings is 1. The van der Waals surface area contributed by atoms with E-state index in [1.165, 1.54) is 19.3 Å². The van der Waals surface area contributed by atoms with Crippen molar-refractivity contribution in [2.75, 3.05) is 0 Å². The van der Waals surface area contributed by atoms with Gasteiger partial charge in [-0.2, -0.15) is 0 Å². The second-order valence-corrected chi connectivity index (χ2v) is 3.65. The van der Waals surface area contributed by atoms with Crippen LogP contribution in [0.25, 0.3) is 0 Å². The molecular weight excluding hydrogens is 138 g/mol. The molecule has 1 saturated heterocycles. The summed E-state index contributed by atoms with van der Waals surface area (Å²) in [5.74, 6) is 0. The molecule has 0 aromatic heterocycles. The molecule has 1 aliphatic carbocycles. The molecular formula is C9H15NO. The van der Waals surface area contributed by atoms with Crippen molar-refractivity contribution in [3.63, 3.8) is 0 Å². The second-order valence-electron chi connectivity index (χ2n) is 3.65. The van der Waals surface area contributed by atoms with Crippen LogP contribution in [0.1, 0.15) is 26.2 Å². The van der Waals surface area contributed by atoms with Gasteiger partial charge < -0.3 is 10.1 Å². The van der Waals surface area contributed by atoms with Gasteiger partial charge in [0.1, 0.15) is 0 Å². The Morgan fingerprint density at radius 3 is 2.91 bits per heavy atom. The lowest BCUT2D eigenvalue weighted by Crippen LogP contribution is -2.32. The van der Waals surface area contributed by atoms with Crippen LogP contribution in [0.5, 0.6) is 0 Å². The minimum atomic E-state index is 0.570. The highest BCUT2D eigenvalue weighted by atomic mass is 16.6. The molecule has 11 heavy (non-hydrogen) atoms. The number of ether oxygens (including phenoxy) is 1. The Morgan fingerprint density at radius 2 is 2.27 bits per heavy atom. The summed E-state index contributed by atoms with van der Waals surface area (Å²) in [6, 6.07) is 0.622. The zero-order chi connectivity index (χ0) is 7.84. The Bertz CT molecular complexity index is 178. The Kier molecular flexibility index (Phi) is 1.64. The number of hydrogen-bond donors (Lipinski definition) is 1. The van der Waals surface area contributed by atoms with Crippen LogP contribution in [0.15, 0.2) is 12.3 Å². The normalized spacial score (nSPS) is 41.0. The molecule has 2 aliphatic rings. The van der Waals surface area contributed by atoms with Crippen molar-refractivity contribution in [3.05, 3.63) is 12.3 Å². The van der Waals surface area contributed by atoms with Crippen molar-refractivity contribution in [2.45, 2.75) is 44.4 Å². The van der Waals surface area contributed by atoms with Crippen LogP contribution in [0.2, 0.25) is 0 Å². The molecule has 1 saturated carbocycles. The van der Waals surface area contributed by atoms with Gasteiger partial charge in [-0.3, -0.25) is 0 Å². The van der Waals surface area contributed by atoms with Crippen LogP contribution in [0, 0.1) is 0 Å². The Hall–Kier alpha value is -0.500. The van der Waals surface area contributed by atoms with Gasteiger partial charge in [-0.25, -0.2) is 0 Å². The molecule has 1 N–H and O–H groups in total. The standard InChI is InChI=1S/C9H15NO/c1-6(2)10-7-3-4-8-9(5-7)11-8/h7-10H,1,3-5H2,2H3. The molecule has 2 rings (SSSR count). The summed E-state index contributed by atoms with van der Waals surface area (Å²) in [6.45, 7) is 5.85. The number of allylic oxidation sites excluding steroid dienone is 1. The molecule has 0 amide bonds. The summed E-state index contributed by atoms with van der Waals surface area (Å²) in [5, 5.41) is 3.36. The van der Waals surface area contributed by atoms with Gasteiger partial charge in [-0.15, -0.1) is 0 Å². The van der Waals surface area contributed by atoms with Crippen molar-refractivity contribution in [1.82, 2.24) is 5.32 Å². The lowest BCUT2D eigenvalue weighted by atomic mass is 9.95. The average Bonchev–Trinajstić information content (AvgIpc) is 2.63. The van der Waals surface area contributed by atoms with Crippen molar-refractivity contribution in [3.8, 4) is 0 Å². The molecule has 0 bridgehead atoms. The van der Waals surface area contributed by atoms with Gasteiger partial charge >= 0.3 is 0 Å². The maximum absolute atomic E-state index is 5.42. The smallest absolute Gasteiger partial charge is 0.0861 e. The molecule has 1 heterocycles. The van der Waals surface area contributed by atoms with Crippen molar-refractivity contribution in [1.29, 1.82) is 0 Å². The van der Waals surface area contributed by atoms with Crippen molar-refractivity contribution >= 4 is 0 Å². The van der Waals surface area contributed by atoms with E-state index in [4.69, 9.17) is 4.74 Å². The lowest BCUT2D eigenvalue weighted by molar-refractivity contribution is 0.369. The van der Waals surface area contributed by atoms with Crippen molar-refractivity contribution < 1.29 is 4.74 Å². The van der Waals surface area contributed by atoms with Crippen LogP contribution >= 0.6 is 0 Å². The Labute approximate surface area is 67.6 Å². The second kappa shape index (κ2) is 2.52. The van der Waals surface area contributed by atoms with Crippen LogP contribution in [0.3, 0.4) is 0 Å². The average molecular weight is 153 g/mol. The zero-order valence-corrected chi connectivity index (χ0v) is 6.97. The SMILES string of the molecule is C=C(C)NC1CCC2OC2C1. The Morgan fingerprint density at radius 1 is 1.45 bits per heavy atom. The first kappa shape index (κ1) is 7.17. The summed E-state index contributed by atoms with van der Waals surface area (Å²) in [5.41, 5.74) is 1.08. The highest BCUT2D eigenvalue weighted by molar-refractivity contribution is 4.98. The molecule has 0 radical (unpaired) electrons. The molecule has 3 unspecified atom stereocenters. The van der Waals surface area contributed by atoms with E-state index >= 15 is 0 Å². The summed E-state index contributed by atoms with van der Waals surface area (Å²) in [6.07, 6.45) is 4.83. The highest BCUT2D eigenvalue weighted by Gasteiger charge is 2.43. The lowest BCUT2D eigenvalue weighted by Gasteiger charge is -2.21. The van der Waals surface area contributed by atoms with Gasteiger partial charge in [0.2, 0.25) is 0 Å². The monoisotopic (exact) mass is 153 g/mol. The fourth-order valence-corrected chi connectivity index (χ4v) is 1.88. The number of fused-ring (bicyclic) bond motifs is 1. The summed E-state index contributed by atoms with van der Waals surface area (Å²) in [7, 11) is 0. The first-order chi connectivity index (χ1) is 5.25. The molecule has 0 spiro atoms. The third-order valence-electron chi connectivity index (χ3n) is 2.45. The molecule has 2 fully saturated rings. The molecule has 1 aliphatic heterocycles. The van der Waals surface area contributed by atoms with Crippen LogP contribution in [0.4, 0.5) is 0 Å². The summed E-state index contributed by atoms with van der Waals surface area (Å²) in [4.78, 5) is 0. The van der Waals surface area contributed by atoms with Gasteiger partial charge in [0.15, 0.2) is 0 Å². The molecule has 0 aromatic carbocycles. The fraction of sp³-hybridized carbons (Fsp3) is 0.778. The van der Waals surface area contributed by atoms with Gasteiger partial charge in [-0.05, 0) is 26.2 Å². The number of hydrogen-bond acceptors (Lipinski definition) is 2. The topological polar surface area (TPSA) is 24.6 Å². The molecule has 2 nitrogen and oxygen atoms in total. The summed E-state index contributed by atoms with van der Waals surface area (Å²) < 4.78 is 5.42. The van der Waals surface area contributed by atoms with Crippen LogP contribution in [-0.2, 0) is 4.74 Å². The number of nitrogens with one attached hydrogen (secondary N) is 1. The van der Waals surface area contributed by atoms with E-state index in [0.29, 0.717) is 18.2 Å². The van der Waals surface area contributed by atoms with Crippen molar-refractivity contribution in [2.24, 2.45) is 0 Å². The number of rotatable bonds is 2. The molecule has 2 heteroatoms. The molecule has 0 aromatic rings. The maximum Gasteiger partial charge on any atom is 0.0861 e. The predicted molar refractivity (Wildman–Crippen MR) is 44.2 cm³/mol. The van der Waals surface area contributed by atoms with Crippen LogP contribution in [-0.4, -0.2) is 18.2 Å². The van der Waals surface area contributed by atoms with E-state index in [0.717, 1.165) is 5.70 Å². The van der Waals surface area contributed by atoms with E-state index in [2.05, 4.69) is 11.9 Å². The first-order valence-electron chi connectivity index (χ1n) is 4.33. The van der Waals surface area contributed by atoms with Crippen LogP contribution < -0.4 is 5.32 Å². The van der Waals surface area contributed by atoms with E-state index in [1.807, 2.05) is 6.92 Å². The maximum atomic E-state index is 5.42. The fourth-order valence-electron chi connectivity index (χ4n) is 1.88. The molecule has 62 valence electrons. The first-order valence-corrected chi connectivity index (χ1v) is 4.33. The quantitative estimate of drug-likeness (QED) is 0.607. The third kappa shape index (κ3) is 1.56. The predicted octanol–water partition coefficient (Wildman–Crippen LogP) is 1.43. The van der Waals surface area contributed by atoms with E-state index in [-0.39, 0.29) is 0 Å². The summed E-state index contributed by atoms with van der Waals surface area (Å²) >= 11 is 0. The largest absolute Gasteiger partial charge is 0.386 e. The van der Waals surface area contributed by atoms with Gasteiger partial charge in [-0.1, -0.05) is 6.58 Å². The third-order valence-corrected chi connectivity index (χ3v) is 2.45. The minimum absolute atomic E-state index is 0.570. The minimum Gasteiger partial charge on any atom is -0.386 e. The van der Waals surface area contributed by atoms with E-state index in [9.17, 15) is 0 Å². The van der Waals surface area contributed by atoms with E-state index in [1.54, 1.807) is 0 Å². The zero-order valence-electron chi connectivity index (χ0n) is 6.97. The van der Waals surface area contributed by atoms with Gasteiger partial charge in [0.25, 0.3) is 0 Å².